The molecule has 0 fully saturated rings. The zero-order valence-electron chi connectivity index (χ0n) is 16.9. The van der Waals surface area contributed by atoms with E-state index in [4.69, 9.17) is 4.74 Å². The van der Waals surface area contributed by atoms with Crippen molar-refractivity contribution in [1.82, 2.24) is 15.1 Å². The molecule has 0 aliphatic heterocycles. The van der Waals surface area contributed by atoms with Gasteiger partial charge in [-0.15, -0.1) is 0 Å². The van der Waals surface area contributed by atoms with Crippen LogP contribution in [0.25, 0.3) is 5.69 Å². The van der Waals surface area contributed by atoms with Crippen LogP contribution < -0.4 is 5.32 Å². The number of aryl methyl sites for hydroxylation is 1. The average molecular weight is 399 g/mol. The van der Waals surface area contributed by atoms with Gasteiger partial charge in [0.05, 0.1) is 18.0 Å². The van der Waals surface area contributed by atoms with Gasteiger partial charge in [0.15, 0.2) is 6.04 Å². The van der Waals surface area contributed by atoms with Gasteiger partial charge in [-0.2, -0.15) is 5.10 Å². The standard InChI is InChI=1S/C22H26FN3O3/c1-4-29-22(28)20(24-21(27)16-8-6-5-7-9-16)19-14(2)25-26(15(19)3)18-12-10-17(23)11-13-18/h5-6,10-13,16,20H,4,7-9H2,1-3H3,(H,24,27)/t16-,20-/m0/s1. The molecule has 1 aliphatic carbocycles. The molecule has 1 aromatic heterocycles. The largest absolute Gasteiger partial charge is 0.464 e. The molecule has 7 heteroatoms. The number of carbonyl (C=O) groups excluding carboxylic acids is 2. The molecule has 0 bridgehead atoms. The van der Waals surface area contributed by atoms with Crippen LogP contribution in [-0.4, -0.2) is 28.3 Å². The first-order chi connectivity index (χ1) is 13.9. The lowest BCUT2D eigenvalue weighted by Crippen LogP contribution is -2.39. The lowest BCUT2D eigenvalue weighted by Gasteiger charge is -2.22. The Morgan fingerprint density at radius 1 is 1.28 bits per heavy atom. The highest BCUT2D eigenvalue weighted by atomic mass is 19.1. The van der Waals surface area contributed by atoms with Crippen molar-refractivity contribution in [2.75, 3.05) is 6.61 Å². The lowest BCUT2D eigenvalue weighted by atomic mass is 9.93. The fourth-order valence-electron chi connectivity index (χ4n) is 3.67. The fraction of sp³-hybridized carbons (Fsp3) is 0.409. The van der Waals surface area contributed by atoms with Crippen molar-refractivity contribution >= 4 is 11.9 Å². The minimum atomic E-state index is -0.942. The molecule has 154 valence electrons. The monoisotopic (exact) mass is 399 g/mol. The van der Waals surface area contributed by atoms with Gasteiger partial charge in [0.2, 0.25) is 5.91 Å². The molecule has 1 N–H and O–H groups in total. The van der Waals surface area contributed by atoms with E-state index in [1.165, 1.54) is 12.1 Å². The number of nitrogens with one attached hydrogen (secondary N) is 1. The number of carbonyl (C=O) groups is 2. The number of ether oxygens (including phenoxy) is 1. The van der Waals surface area contributed by atoms with Gasteiger partial charge in [0, 0.05) is 17.2 Å². The van der Waals surface area contributed by atoms with Gasteiger partial charge < -0.3 is 10.1 Å². The molecule has 0 spiro atoms. The van der Waals surface area contributed by atoms with E-state index in [0.29, 0.717) is 29.1 Å². The summed E-state index contributed by atoms with van der Waals surface area (Å²) < 4.78 is 20.2. The zero-order chi connectivity index (χ0) is 21.0. The molecule has 1 amide bonds. The Hall–Kier alpha value is -2.96. The van der Waals surface area contributed by atoms with Crippen molar-refractivity contribution in [1.29, 1.82) is 0 Å². The second-order valence-electron chi connectivity index (χ2n) is 7.15. The van der Waals surface area contributed by atoms with Crippen molar-refractivity contribution in [2.45, 2.75) is 46.1 Å². The third kappa shape index (κ3) is 4.55. The minimum absolute atomic E-state index is 0.162. The molecule has 2 atom stereocenters. The highest BCUT2D eigenvalue weighted by Gasteiger charge is 2.32. The maximum absolute atomic E-state index is 13.3. The highest BCUT2D eigenvalue weighted by molar-refractivity contribution is 5.87. The first kappa shape index (κ1) is 20.8. The van der Waals surface area contributed by atoms with Crippen LogP contribution in [0.15, 0.2) is 36.4 Å². The van der Waals surface area contributed by atoms with E-state index < -0.39 is 12.0 Å². The first-order valence-corrected chi connectivity index (χ1v) is 9.86. The Kier molecular flexibility index (Phi) is 6.46. The van der Waals surface area contributed by atoms with Gasteiger partial charge >= 0.3 is 5.97 Å². The van der Waals surface area contributed by atoms with Crippen LogP contribution in [0.5, 0.6) is 0 Å². The molecule has 1 heterocycles. The Morgan fingerprint density at radius 2 is 2.00 bits per heavy atom. The van der Waals surface area contributed by atoms with Crippen LogP contribution in [0.4, 0.5) is 4.39 Å². The van der Waals surface area contributed by atoms with Gasteiger partial charge in [-0.05, 0) is 64.3 Å². The van der Waals surface area contributed by atoms with Crippen molar-refractivity contribution in [2.24, 2.45) is 5.92 Å². The molecule has 1 aromatic carbocycles. The van der Waals surface area contributed by atoms with Gasteiger partial charge in [0.25, 0.3) is 0 Å². The molecule has 3 rings (SSSR count). The van der Waals surface area contributed by atoms with Crippen molar-refractivity contribution in [3.05, 3.63) is 59.2 Å². The first-order valence-electron chi connectivity index (χ1n) is 9.86. The lowest BCUT2D eigenvalue weighted by molar-refractivity contribution is -0.148. The highest BCUT2D eigenvalue weighted by Crippen LogP contribution is 2.27. The maximum Gasteiger partial charge on any atom is 0.333 e. The molecule has 2 aromatic rings. The Labute approximate surface area is 169 Å². The summed E-state index contributed by atoms with van der Waals surface area (Å²) in [4.78, 5) is 25.5. The predicted molar refractivity (Wildman–Crippen MR) is 107 cm³/mol. The quantitative estimate of drug-likeness (QED) is 0.594. The number of allylic oxidation sites excluding steroid dienone is 2. The van der Waals surface area contributed by atoms with Gasteiger partial charge in [-0.25, -0.2) is 13.9 Å². The number of halogens is 1. The summed E-state index contributed by atoms with van der Waals surface area (Å²) >= 11 is 0. The van der Waals surface area contributed by atoms with Gasteiger partial charge in [0.1, 0.15) is 5.82 Å². The van der Waals surface area contributed by atoms with Gasteiger partial charge in [-0.1, -0.05) is 12.2 Å². The molecule has 0 unspecified atom stereocenters. The summed E-state index contributed by atoms with van der Waals surface area (Å²) in [6.45, 7) is 5.54. The summed E-state index contributed by atoms with van der Waals surface area (Å²) in [7, 11) is 0. The van der Waals surface area contributed by atoms with Crippen LogP contribution in [0.3, 0.4) is 0 Å². The number of rotatable bonds is 6. The van der Waals surface area contributed by atoms with Crippen molar-refractivity contribution < 1.29 is 18.7 Å². The van der Waals surface area contributed by atoms with E-state index in [2.05, 4.69) is 16.5 Å². The van der Waals surface area contributed by atoms with E-state index in [1.54, 1.807) is 30.7 Å². The Balaban J connectivity index is 1.95. The molecule has 29 heavy (non-hydrogen) atoms. The summed E-state index contributed by atoms with van der Waals surface area (Å²) in [5, 5.41) is 7.40. The smallest absolute Gasteiger partial charge is 0.333 e. The van der Waals surface area contributed by atoms with E-state index in [0.717, 1.165) is 12.8 Å². The van der Waals surface area contributed by atoms with Crippen LogP contribution in [0.2, 0.25) is 0 Å². The maximum atomic E-state index is 13.3. The number of benzene rings is 1. The van der Waals surface area contributed by atoms with Crippen molar-refractivity contribution in [3.63, 3.8) is 0 Å². The number of nitrogens with zero attached hydrogens (tertiary/aromatic N) is 2. The number of aromatic nitrogens is 2. The van der Waals surface area contributed by atoms with E-state index in [1.807, 2.05) is 13.0 Å². The minimum Gasteiger partial charge on any atom is -0.464 e. The number of hydrogen-bond acceptors (Lipinski definition) is 4. The Morgan fingerprint density at radius 3 is 2.62 bits per heavy atom. The topological polar surface area (TPSA) is 73.2 Å². The third-order valence-electron chi connectivity index (χ3n) is 5.16. The Bertz CT molecular complexity index is 918. The van der Waals surface area contributed by atoms with Crippen LogP contribution in [-0.2, 0) is 14.3 Å². The number of esters is 1. The van der Waals surface area contributed by atoms with Crippen molar-refractivity contribution in [3.8, 4) is 5.69 Å². The van der Waals surface area contributed by atoms with Gasteiger partial charge in [-0.3, -0.25) is 4.79 Å². The second kappa shape index (κ2) is 9.03. The predicted octanol–water partition coefficient (Wildman–Crippen LogP) is 3.70. The fourth-order valence-corrected chi connectivity index (χ4v) is 3.67. The molecule has 1 aliphatic rings. The molecule has 0 saturated carbocycles. The van der Waals surface area contributed by atoms with Crippen LogP contribution in [0.1, 0.15) is 49.2 Å². The van der Waals surface area contributed by atoms with E-state index in [9.17, 15) is 14.0 Å². The average Bonchev–Trinajstić information content (AvgIpc) is 3.01. The molecule has 0 saturated heterocycles. The van der Waals surface area contributed by atoms with E-state index in [-0.39, 0.29) is 24.2 Å². The second-order valence-corrected chi connectivity index (χ2v) is 7.15. The van der Waals surface area contributed by atoms with Crippen LogP contribution >= 0.6 is 0 Å². The summed E-state index contributed by atoms with van der Waals surface area (Å²) in [5.74, 6) is -1.18. The molecular weight excluding hydrogens is 373 g/mol. The number of amides is 1. The summed E-state index contributed by atoms with van der Waals surface area (Å²) in [6, 6.07) is 5.00. The molecular formula is C22H26FN3O3. The summed E-state index contributed by atoms with van der Waals surface area (Å²) in [6.07, 6.45) is 6.32. The summed E-state index contributed by atoms with van der Waals surface area (Å²) in [5.41, 5.74) is 2.57. The SMILES string of the molecule is CCOC(=O)[C@@H](NC(=O)[C@H]1CC=CCC1)c1c(C)nn(-c2ccc(F)cc2)c1C. The molecule has 6 nitrogen and oxygen atoms in total. The van der Waals surface area contributed by atoms with E-state index >= 15 is 0 Å². The number of hydrogen-bond donors (Lipinski definition) is 1. The normalized spacial score (nSPS) is 17.0. The van der Waals surface area contributed by atoms with Crippen LogP contribution in [0, 0.1) is 25.6 Å². The zero-order valence-corrected chi connectivity index (χ0v) is 16.9. The molecule has 0 radical (unpaired) electrons. The third-order valence-corrected chi connectivity index (χ3v) is 5.16.